The Morgan fingerprint density at radius 1 is 1.17 bits per heavy atom. The summed E-state index contributed by atoms with van der Waals surface area (Å²) in [6.07, 6.45) is 1.81. The third-order valence-electron chi connectivity index (χ3n) is 2.97. The molecule has 0 saturated heterocycles. The summed E-state index contributed by atoms with van der Waals surface area (Å²) in [5.41, 5.74) is 2.46. The second-order valence-electron chi connectivity index (χ2n) is 4.69. The predicted molar refractivity (Wildman–Crippen MR) is 78.0 cm³/mol. The van der Waals surface area contributed by atoms with Gasteiger partial charge < -0.3 is 4.57 Å². The van der Waals surface area contributed by atoms with Gasteiger partial charge in [0.05, 0.1) is 11.0 Å². The smallest absolute Gasteiger partial charge is 0.265 e. The third-order valence-corrected chi connectivity index (χ3v) is 3.58. The molecule has 0 spiro atoms. The molecule has 2 nitrogen and oxygen atoms in total. The summed E-state index contributed by atoms with van der Waals surface area (Å²) in [4.78, 5) is 11.9. The lowest BCUT2D eigenvalue weighted by Gasteiger charge is -2.09. The van der Waals surface area contributed by atoms with Crippen molar-refractivity contribution in [2.45, 2.75) is 26.3 Å². The highest BCUT2D eigenvalue weighted by Gasteiger charge is 2.02. The van der Waals surface area contributed by atoms with Gasteiger partial charge in [-0.1, -0.05) is 38.1 Å². The maximum absolute atomic E-state index is 11.9. The maximum atomic E-state index is 11.9. The fraction of sp³-hybridized carbons (Fsp3) is 0.267. The second-order valence-corrected chi connectivity index (χ2v) is 5.54. The second kappa shape index (κ2) is 5.53. The van der Waals surface area contributed by atoms with Gasteiger partial charge in [0.2, 0.25) is 0 Å². The molecule has 1 aromatic heterocycles. The predicted octanol–water partition coefficient (Wildman–Crippen LogP) is 3.78. The van der Waals surface area contributed by atoms with E-state index >= 15 is 0 Å². The lowest BCUT2D eigenvalue weighted by molar-refractivity contribution is 0.753. The van der Waals surface area contributed by atoms with E-state index in [4.69, 9.17) is 0 Å². The molecule has 0 unspecified atom stereocenters. The highest BCUT2D eigenvalue weighted by molar-refractivity contribution is 9.10. The van der Waals surface area contributed by atoms with Gasteiger partial charge in [0.25, 0.3) is 5.56 Å². The lowest BCUT2D eigenvalue weighted by Crippen LogP contribution is -2.20. The number of halogens is 1. The number of nitrogens with zero attached hydrogens (tertiary/aromatic N) is 1. The van der Waals surface area contributed by atoms with Crippen molar-refractivity contribution in [3.05, 3.63) is 68.5 Å². The van der Waals surface area contributed by atoms with E-state index in [2.05, 4.69) is 54.0 Å². The number of hydrogen-bond acceptors (Lipinski definition) is 1. The highest BCUT2D eigenvalue weighted by atomic mass is 79.9. The van der Waals surface area contributed by atoms with Crippen LogP contribution in [-0.4, -0.2) is 4.57 Å². The molecule has 0 aliphatic carbocycles. The van der Waals surface area contributed by atoms with Crippen molar-refractivity contribution in [2.75, 3.05) is 0 Å². The molecule has 1 heterocycles. The Labute approximate surface area is 115 Å². The minimum absolute atomic E-state index is 0.00503. The van der Waals surface area contributed by atoms with E-state index in [0.717, 1.165) is 5.56 Å². The van der Waals surface area contributed by atoms with Crippen LogP contribution in [0.3, 0.4) is 0 Å². The molecule has 18 heavy (non-hydrogen) atoms. The van der Waals surface area contributed by atoms with E-state index in [-0.39, 0.29) is 5.56 Å². The van der Waals surface area contributed by atoms with Crippen LogP contribution in [0.4, 0.5) is 0 Å². The molecule has 0 fully saturated rings. The summed E-state index contributed by atoms with van der Waals surface area (Å²) in [6.45, 7) is 4.96. The van der Waals surface area contributed by atoms with Gasteiger partial charge in [-0.3, -0.25) is 4.79 Å². The summed E-state index contributed by atoms with van der Waals surface area (Å²) >= 11 is 3.26. The van der Waals surface area contributed by atoms with Crippen LogP contribution in [-0.2, 0) is 6.54 Å². The Kier molecular flexibility index (Phi) is 4.02. The van der Waals surface area contributed by atoms with Crippen molar-refractivity contribution in [3.8, 4) is 0 Å². The zero-order chi connectivity index (χ0) is 13.1. The first-order valence-electron chi connectivity index (χ1n) is 6.01. The van der Waals surface area contributed by atoms with Crippen molar-refractivity contribution in [1.82, 2.24) is 4.57 Å². The molecule has 0 aliphatic heterocycles. The molecular weight excluding hydrogens is 290 g/mol. The first-order chi connectivity index (χ1) is 8.58. The topological polar surface area (TPSA) is 22.0 Å². The number of pyridine rings is 1. The summed E-state index contributed by atoms with van der Waals surface area (Å²) in [7, 11) is 0. The van der Waals surface area contributed by atoms with E-state index in [9.17, 15) is 4.79 Å². The van der Waals surface area contributed by atoms with E-state index in [1.54, 1.807) is 10.6 Å². The zero-order valence-corrected chi connectivity index (χ0v) is 12.1. The van der Waals surface area contributed by atoms with Crippen molar-refractivity contribution in [3.63, 3.8) is 0 Å². The van der Waals surface area contributed by atoms with Crippen molar-refractivity contribution >= 4 is 15.9 Å². The van der Waals surface area contributed by atoms with Crippen LogP contribution in [0.1, 0.15) is 30.9 Å². The summed E-state index contributed by atoms with van der Waals surface area (Å²) < 4.78 is 2.30. The van der Waals surface area contributed by atoms with Crippen LogP contribution in [0.15, 0.2) is 51.9 Å². The van der Waals surface area contributed by atoms with Gasteiger partial charge in [0.15, 0.2) is 0 Å². The van der Waals surface area contributed by atoms with Crippen molar-refractivity contribution in [2.24, 2.45) is 0 Å². The van der Waals surface area contributed by atoms with E-state index < -0.39 is 0 Å². The van der Waals surface area contributed by atoms with Gasteiger partial charge in [-0.05, 0) is 45.1 Å². The molecule has 94 valence electrons. The molecule has 0 N–H and O–H groups in total. The fourth-order valence-electron chi connectivity index (χ4n) is 1.84. The molecule has 0 bridgehead atoms. The van der Waals surface area contributed by atoms with E-state index in [1.165, 1.54) is 5.56 Å². The third kappa shape index (κ3) is 2.91. The molecule has 0 aliphatic rings. The molecule has 0 radical (unpaired) electrons. The average molecular weight is 306 g/mol. The number of aromatic nitrogens is 1. The van der Waals surface area contributed by atoms with Crippen LogP contribution in [0, 0.1) is 0 Å². The number of benzene rings is 1. The van der Waals surface area contributed by atoms with Gasteiger partial charge in [-0.15, -0.1) is 0 Å². The maximum Gasteiger partial charge on any atom is 0.265 e. The average Bonchev–Trinajstić information content (AvgIpc) is 2.36. The normalized spacial score (nSPS) is 10.9. The Morgan fingerprint density at radius 3 is 2.44 bits per heavy atom. The SMILES string of the molecule is CC(C)c1ccc(Cn2cccc(Br)c2=O)cc1. The van der Waals surface area contributed by atoms with Gasteiger partial charge in [-0.25, -0.2) is 0 Å². The Hall–Kier alpha value is -1.35. The molecule has 0 saturated carbocycles. The van der Waals surface area contributed by atoms with Gasteiger partial charge in [0, 0.05) is 6.20 Å². The first kappa shape index (κ1) is 13.1. The fourth-order valence-corrected chi connectivity index (χ4v) is 2.22. The Balaban J connectivity index is 2.24. The number of rotatable bonds is 3. The van der Waals surface area contributed by atoms with Crippen LogP contribution < -0.4 is 5.56 Å². The quantitative estimate of drug-likeness (QED) is 0.846. The van der Waals surface area contributed by atoms with Crippen molar-refractivity contribution < 1.29 is 0 Å². The van der Waals surface area contributed by atoms with E-state index in [1.807, 2.05) is 12.3 Å². The first-order valence-corrected chi connectivity index (χ1v) is 6.81. The standard InChI is InChI=1S/C15H16BrNO/c1-11(2)13-7-5-12(6-8-13)10-17-9-3-4-14(16)15(17)18/h3-9,11H,10H2,1-2H3. The van der Waals surface area contributed by atoms with Crippen LogP contribution in [0.25, 0.3) is 0 Å². The molecule has 3 heteroatoms. The number of hydrogen-bond donors (Lipinski definition) is 0. The van der Waals surface area contributed by atoms with Crippen LogP contribution in [0.5, 0.6) is 0 Å². The summed E-state index contributed by atoms with van der Waals surface area (Å²) in [5.74, 6) is 0.535. The largest absolute Gasteiger partial charge is 0.310 e. The zero-order valence-electron chi connectivity index (χ0n) is 10.6. The monoisotopic (exact) mass is 305 g/mol. The molecule has 2 rings (SSSR count). The van der Waals surface area contributed by atoms with Gasteiger partial charge in [-0.2, -0.15) is 0 Å². The molecule has 0 amide bonds. The van der Waals surface area contributed by atoms with Gasteiger partial charge in [0.1, 0.15) is 0 Å². The van der Waals surface area contributed by atoms with Gasteiger partial charge >= 0.3 is 0 Å². The summed E-state index contributed by atoms with van der Waals surface area (Å²) in [5, 5.41) is 0. The summed E-state index contributed by atoms with van der Waals surface area (Å²) in [6, 6.07) is 12.1. The molecule has 2 aromatic rings. The van der Waals surface area contributed by atoms with Crippen LogP contribution >= 0.6 is 15.9 Å². The minimum atomic E-state index is 0.00503. The molecule has 1 aromatic carbocycles. The van der Waals surface area contributed by atoms with E-state index in [0.29, 0.717) is 16.9 Å². The Morgan fingerprint density at radius 2 is 1.83 bits per heavy atom. The van der Waals surface area contributed by atoms with Crippen molar-refractivity contribution in [1.29, 1.82) is 0 Å². The molecule has 0 atom stereocenters. The minimum Gasteiger partial charge on any atom is -0.310 e. The van der Waals surface area contributed by atoms with Crippen LogP contribution in [0.2, 0.25) is 0 Å². The highest BCUT2D eigenvalue weighted by Crippen LogP contribution is 2.15. The Bertz CT molecular complexity index is 584. The lowest BCUT2D eigenvalue weighted by atomic mass is 10.0. The molecular formula is C15H16BrNO.